The lowest BCUT2D eigenvalue weighted by Gasteiger charge is -2.29. The number of halogens is 3. The van der Waals surface area contributed by atoms with Crippen molar-refractivity contribution in [3.8, 4) is 0 Å². The van der Waals surface area contributed by atoms with E-state index in [9.17, 15) is 9.18 Å². The van der Waals surface area contributed by atoms with Crippen LogP contribution in [0.3, 0.4) is 0 Å². The van der Waals surface area contributed by atoms with Crippen LogP contribution in [0.15, 0.2) is 42.5 Å². The molecule has 26 heavy (non-hydrogen) atoms. The van der Waals surface area contributed by atoms with Crippen molar-refractivity contribution in [3.05, 3.63) is 63.9 Å². The Balaban J connectivity index is 1.48. The highest BCUT2D eigenvalue weighted by molar-refractivity contribution is 6.33. The molecule has 0 aromatic heterocycles. The van der Waals surface area contributed by atoms with Gasteiger partial charge in [0.05, 0.1) is 21.3 Å². The van der Waals surface area contributed by atoms with Gasteiger partial charge in [0.1, 0.15) is 38.5 Å². The highest BCUT2D eigenvalue weighted by atomic mass is 35.5. The summed E-state index contributed by atoms with van der Waals surface area (Å²) < 4.78 is 13.9. The van der Waals surface area contributed by atoms with Crippen LogP contribution in [0.2, 0.25) is 10.0 Å². The molecular weight excluding hydrogens is 376 g/mol. The van der Waals surface area contributed by atoms with Crippen LogP contribution in [0.4, 0.5) is 10.1 Å². The maximum atomic E-state index is 13.9. The Labute approximate surface area is 162 Å². The SMILES string of the molecule is O=C(C[NH+]1CC[NH+](Cc2c(F)cccc2Cl)CC1)Nc1ccccc1Cl. The van der Waals surface area contributed by atoms with Gasteiger partial charge in [-0.1, -0.05) is 41.4 Å². The minimum absolute atomic E-state index is 0.0475. The zero-order chi connectivity index (χ0) is 18.5. The fourth-order valence-corrected chi connectivity index (χ4v) is 3.66. The number of para-hydroxylation sites is 1. The minimum atomic E-state index is -0.251. The highest BCUT2D eigenvalue weighted by Gasteiger charge is 2.26. The molecule has 1 fully saturated rings. The second-order valence-electron chi connectivity index (χ2n) is 6.58. The summed E-state index contributed by atoms with van der Waals surface area (Å²) in [5, 5.41) is 3.87. The van der Waals surface area contributed by atoms with Gasteiger partial charge in [-0.3, -0.25) is 4.79 Å². The fraction of sp³-hybridized carbons (Fsp3) is 0.316. The minimum Gasteiger partial charge on any atom is -0.322 e. The lowest BCUT2D eigenvalue weighted by atomic mass is 10.2. The third kappa shape index (κ3) is 4.95. The van der Waals surface area contributed by atoms with Gasteiger partial charge >= 0.3 is 0 Å². The van der Waals surface area contributed by atoms with Gasteiger partial charge in [0, 0.05) is 0 Å². The predicted octanol–water partition coefficient (Wildman–Crippen LogP) is 1.05. The van der Waals surface area contributed by atoms with Crippen molar-refractivity contribution in [2.75, 3.05) is 38.0 Å². The van der Waals surface area contributed by atoms with Gasteiger partial charge in [0.25, 0.3) is 5.91 Å². The van der Waals surface area contributed by atoms with Crippen molar-refractivity contribution in [3.63, 3.8) is 0 Å². The Morgan fingerprint density at radius 2 is 1.62 bits per heavy atom. The van der Waals surface area contributed by atoms with Crippen LogP contribution in [0.25, 0.3) is 0 Å². The van der Waals surface area contributed by atoms with Crippen molar-refractivity contribution in [2.24, 2.45) is 0 Å². The van der Waals surface area contributed by atoms with E-state index in [1.807, 2.05) is 12.1 Å². The average molecular weight is 398 g/mol. The third-order valence-corrected chi connectivity index (χ3v) is 5.39. The molecule has 7 heteroatoms. The Morgan fingerprint density at radius 3 is 2.31 bits per heavy atom. The maximum Gasteiger partial charge on any atom is 0.279 e. The number of hydrogen-bond acceptors (Lipinski definition) is 1. The topological polar surface area (TPSA) is 38.0 Å². The normalized spacial score (nSPS) is 20.0. The molecule has 2 aromatic carbocycles. The molecule has 0 aliphatic carbocycles. The van der Waals surface area contributed by atoms with Crippen molar-refractivity contribution in [1.29, 1.82) is 0 Å². The Morgan fingerprint density at radius 1 is 0.962 bits per heavy atom. The van der Waals surface area contributed by atoms with Gasteiger partial charge in [0.15, 0.2) is 6.54 Å². The molecule has 4 nitrogen and oxygen atoms in total. The first-order chi connectivity index (χ1) is 12.5. The zero-order valence-corrected chi connectivity index (χ0v) is 15.8. The second-order valence-corrected chi connectivity index (χ2v) is 7.40. The summed E-state index contributed by atoms with van der Waals surface area (Å²) >= 11 is 12.2. The zero-order valence-electron chi connectivity index (χ0n) is 14.3. The van der Waals surface area contributed by atoms with Crippen molar-refractivity contribution >= 4 is 34.8 Å². The molecule has 1 aliphatic rings. The number of carbonyl (C=O) groups excluding carboxylic acids is 1. The van der Waals surface area contributed by atoms with Crippen LogP contribution < -0.4 is 15.1 Å². The molecule has 1 amide bonds. The third-order valence-electron chi connectivity index (χ3n) is 4.71. The van der Waals surface area contributed by atoms with Gasteiger partial charge in [0.2, 0.25) is 0 Å². The summed E-state index contributed by atoms with van der Waals surface area (Å²) in [6.07, 6.45) is 0. The van der Waals surface area contributed by atoms with E-state index in [0.29, 0.717) is 34.4 Å². The number of piperazine rings is 1. The summed E-state index contributed by atoms with van der Waals surface area (Å²) in [7, 11) is 0. The van der Waals surface area contributed by atoms with Crippen LogP contribution in [-0.4, -0.2) is 38.6 Å². The molecule has 0 saturated carbocycles. The van der Waals surface area contributed by atoms with E-state index in [-0.39, 0.29) is 11.7 Å². The van der Waals surface area contributed by atoms with Gasteiger partial charge in [-0.15, -0.1) is 0 Å². The molecule has 1 aliphatic heterocycles. The van der Waals surface area contributed by atoms with Crippen LogP contribution in [0.5, 0.6) is 0 Å². The van der Waals surface area contributed by atoms with Crippen molar-refractivity contribution in [2.45, 2.75) is 6.54 Å². The number of benzene rings is 2. The molecule has 0 atom stereocenters. The summed E-state index contributed by atoms with van der Waals surface area (Å²) in [6, 6.07) is 12.0. The number of hydrogen-bond donors (Lipinski definition) is 3. The molecular formula is C19H22Cl2FN3O+2. The van der Waals surface area contributed by atoms with E-state index >= 15 is 0 Å². The van der Waals surface area contributed by atoms with E-state index < -0.39 is 0 Å². The van der Waals surface area contributed by atoms with E-state index in [1.54, 1.807) is 24.3 Å². The number of rotatable bonds is 5. The van der Waals surface area contributed by atoms with Gasteiger partial charge in [-0.25, -0.2) is 4.39 Å². The number of quaternary nitrogens is 2. The number of anilines is 1. The van der Waals surface area contributed by atoms with Gasteiger partial charge in [-0.05, 0) is 24.3 Å². The average Bonchev–Trinajstić information content (AvgIpc) is 2.62. The van der Waals surface area contributed by atoms with Crippen molar-refractivity contribution in [1.82, 2.24) is 0 Å². The summed E-state index contributed by atoms with van der Waals surface area (Å²) in [6.45, 7) is 4.44. The van der Waals surface area contributed by atoms with Crippen LogP contribution in [0, 0.1) is 5.82 Å². The number of carbonyl (C=O) groups is 1. The first-order valence-corrected chi connectivity index (χ1v) is 9.43. The Kier molecular flexibility index (Phi) is 6.48. The van der Waals surface area contributed by atoms with E-state index in [0.717, 1.165) is 26.2 Å². The standard InChI is InChI=1S/C19H20Cl2FN3O/c20-15-5-3-6-17(22)14(15)12-24-8-10-25(11-9-24)13-19(26)23-18-7-2-1-4-16(18)21/h1-7H,8-13H2,(H,23,26)/p+2. The Hall–Kier alpha value is -1.66. The van der Waals surface area contributed by atoms with E-state index in [4.69, 9.17) is 23.2 Å². The summed E-state index contributed by atoms with van der Waals surface area (Å²) in [5.41, 5.74) is 1.21. The molecule has 1 saturated heterocycles. The van der Waals surface area contributed by atoms with Crippen molar-refractivity contribution < 1.29 is 19.0 Å². The molecule has 138 valence electrons. The number of nitrogens with one attached hydrogen (secondary N) is 3. The van der Waals surface area contributed by atoms with E-state index in [2.05, 4.69) is 5.32 Å². The molecule has 1 heterocycles. The molecule has 3 rings (SSSR count). The monoisotopic (exact) mass is 397 g/mol. The van der Waals surface area contributed by atoms with Crippen LogP contribution in [0.1, 0.15) is 5.56 Å². The van der Waals surface area contributed by atoms with Gasteiger partial charge < -0.3 is 15.1 Å². The fourth-order valence-electron chi connectivity index (χ4n) is 3.25. The number of amides is 1. The van der Waals surface area contributed by atoms with Gasteiger partial charge in [-0.2, -0.15) is 0 Å². The second kappa shape index (κ2) is 8.82. The first-order valence-electron chi connectivity index (χ1n) is 8.67. The molecule has 2 aromatic rings. The Bertz CT molecular complexity index is 759. The predicted molar refractivity (Wildman–Crippen MR) is 101 cm³/mol. The lowest BCUT2D eigenvalue weighted by Crippen LogP contribution is -3.28. The molecule has 0 spiro atoms. The smallest absolute Gasteiger partial charge is 0.279 e. The lowest BCUT2D eigenvalue weighted by molar-refractivity contribution is -1.02. The molecule has 3 N–H and O–H groups in total. The quantitative estimate of drug-likeness (QED) is 0.693. The maximum absolute atomic E-state index is 13.9. The van der Waals surface area contributed by atoms with Crippen LogP contribution >= 0.6 is 23.2 Å². The first kappa shape index (κ1) is 19.1. The summed E-state index contributed by atoms with van der Waals surface area (Å²) in [5.74, 6) is -0.299. The molecule has 0 bridgehead atoms. The molecule has 0 unspecified atom stereocenters. The summed E-state index contributed by atoms with van der Waals surface area (Å²) in [4.78, 5) is 14.7. The van der Waals surface area contributed by atoms with Crippen LogP contribution in [-0.2, 0) is 11.3 Å². The van der Waals surface area contributed by atoms with E-state index in [1.165, 1.54) is 15.9 Å². The molecule has 0 radical (unpaired) electrons. The largest absolute Gasteiger partial charge is 0.322 e. The highest BCUT2D eigenvalue weighted by Crippen LogP contribution is 2.20.